The van der Waals surface area contributed by atoms with Gasteiger partial charge in [0, 0.05) is 5.56 Å². The molecule has 0 saturated carbocycles. The molecule has 5 aromatic rings. The van der Waals surface area contributed by atoms with Crippen LogP contribution in [-0.4, -0.2) is 30.3 Å². The predicted molar refractivity (Wildman–Crippen MR) is 209 cm³/mol. The zero-order valence-electron chi connectivity index (χ0n) is 29.9. The van der Waals surface area contributed by atoms with Gasteiger partial charge in [0.25, 0.3) is 0 Å². The van der Waals surface area contributed by atoms with Crippen molar-refractivity contribution >= 4 is 28.0 Å². The zero-order valence-corrected chi connectivity index (χ0v) is 29.9. The second-order valence-corrected chi connectivity index (χ2v) is 13.6. The molecule has 47 heavy (non-hydrogen) atoms. The zero-order chi connectivity index (χ0) is 33.4. The van der Waals surface area contributed by atoms with Gasteiger partial charge in [0.15, 0.2) is 0 Å². The van der Waals surface area contributed by atoms with Crippen molar-refractivity contribution in [1.82, 2.24) is 0 Å². The Morgan fingerprint density at radius 2 is 0.830 bits per heavy atom. The lowest BCUT2D eigenvalue weighted by atomic mass is 9.12. The summed E-state index contributed by atoms with van der Waals surface area (Å²) >= 11 is 0. The quantitative estimate of drug-likeness (QED) is 0.0806. The molecular weight excluding hydrogens is 565 g/mol. The highest BCUT2D eigenvalue weighted by Crippen LogP contribution is 2.20. The fourth-order valence-electron chi connectivity index (χ4n) is 7.61. The molecule has 5 rings (SSSR count). The van der Waals surface area contributed by atoms with Crippen molar-refractivity contribution in [3.63, 3.8) is 0 Å². The Labute approximate surface area is 287 Å². The van der Waals surface area contributed by atoms with Crippen molar-refractivity contribution in [2.24, 2.45) is 0 Å². The van der Waals surface area contributed by atoms with Crippen LogP contribution in [0.3, 0.4) is 0 Å². The van der Waals surface area contributed by atoms with Crippen LogP contribution >= 0.6 is 0 Å². The number of hydrogen-bond acceptors (Lipinski definition) is 0. The smallest absolute Gasteiger partial charge is 0.108 e. The number of unbranched alkanes of at least 4 members (excludes halogenated alkanes) is 3. The minimum atomic E-state index is -1.26. The molecular formula is C45H58BN. The average Bonchev–Trinajstić information content (AvgIpc) is 3.13. The first-order chi connectivity index (χ1) is 23.0. The third-order valence-corrected chi connectivity index (χ3v) is 10.3. The van der Waals surface area contributed by atoms with Gasteiger partial charge in [-0.15, -0.1) is 0 Å². The first-order valence-corrected chi connectivity index (χ1v) is 18.3. The van der Waals surface area contributed by atoms with Crippen molar-refractivity contribution in [3.05, 3.63) is 156 Å². The Morgan fingerprint density at radius 3 is 1.21 bits per heavy atom. The van der Waals surface area contributed by atoms with Crippen LogP contribution in [0.25, 0.3) is 0 Å². The Balaban J connectivity index is 0.000000224. The molecule has 0 N–H and O–H groups in total. The van der Waals surface area contributed by atoms with Gasteiger partial charge in [0.2, 0.25) is 0 Å². The Hall–Kier alpha value is -3.88. The summed E-state index contributed by atoms with van der Waals surface area (Å²) in [5, 5.41) is 0. The summed E-state index contributed by atoms with van der Waals surface area (Å²) in [7, 11) is 0. The van der Waals surface area contributed by atoms with Crippen LogP contribution < -0.4 is 21.9 Å². The van der Waals surface area contributed by atoms with Gasteiger partial charge in [-0.25, -0.2) is 0 Å². The molecule has 0 radical (unpaired) electrons. The molecule has 0 fully saturated rings. The number of quaternary nitrogens is 1. The van der Waals surface area contributed by atoms with Crippen molar-refractivity contribution in [2.45, 2.75) is 79.7 Å². The van der Waals surface area contributed by atoms with E-state index in [0.717, 1.165) is 0 Å². The van der Waals surface area contributed by atoms with E-state index in [1.165, 1.54) is 108 Å². The van der Waals surface area contributed by atoms with Gasteiger partial charge in [-0.05, 0) is 33.1 Å². The van der Waals surface area contributed by atoms with Crippen LogP contribution in [0.4, 0.5) is 0 Å². The van der Waals surface area contributed by atoms with Crippen LogP contribution in [0, 0.1) is 13.8 Å². The second kappa shape index (κ2) is 18.5. The fraction of sp³-hybridized carbons (Fsp3) is 0.333. The van der Waals surface area contributed by atoms with Crippen molar-refractivity contribution in [1.29, 1.82) is 0 Å². The molecule has 0 atom stereocenters. The summed E-state index contributed by atoms with van der Waals surface area (Å²) < 4.78 is 1.31. The third-order valence-electron chi connectivity index (χ3n) is 10.3. The highest BCUT2D eigenvalue weighted by atomic mass is 15.3. The van der Waals surface area contributed by atoms with Crippen LogP contribution in [0.1, 0.15) is 76.0 Å². The highest BCUT2D eigenvalue weighted by molar-refractivity contribution is 7.20. The average molecular weight is 624 g/mol. The lowest BCUT2D eigenvalue weighted by Crippen LogP contribution is -2.75. The molecule has 0 spiro atoms. The number of nitrogens with zero attached hydrogens (tertiary/aromatic N) is 1. The second-order valence-electron chi connectivity index (χ2n) is 13.6. The van der Waals surface area contributed by atoms with E-state index in [0.29, 0.717) is 0 Å². The van der Waals surface area contributed by atoms with E-state index in [-0.39, 0.29) is 0 Å². The van der Waals surface area contributed by atoms with Gasteiger partial charge in [-0.1, -0.05) is 191 Å². The molecule has 0 aliphatic rings. The van der Waals surface area contributed by atoms with E-state index in [4.69, 9.17) is 0 Å². The van der Waals surface area contributed by atoms with Gasteiger partial charge >= 0.3 is 0 Å². The SMILES string of the molecule is CCCC[N+](CCCC)(CCCC)Cc1ccccc1.Cc1cccc([B-](c2ccccc2)(c2ccccc2)c2ccccc2)c1C. The summed E-state index contributed by atoms with van der Waals surface area (Å²) in [6.45, 7) is 16.7. The first-order valence-electron chi connectivity index (χ1n) is 18.3. The monoisotopic (exact) mass is 623 g/mol. The van der Waals surface area contributed by atoms with Crippen molar-refractivity contribution < 1.29 is 4.48 Å². The van der Waals surface area contributed by atoms with E-state index >= 15 is 0 Å². The summed E-state index contributed by atoms with van der Waals surface area (Å²) in [5.41, 5.74) is 9.67. The molecule has 1 nitrogen and oxygen atoms in total. The summed E-state index contributed by atoms with van der Waals surface area (Å²) in [4.78, 5) is 0. The first kappa shape index (κ1) is 36.0. The fourth-order valence-corrected chi connectivity index (χ4v) is 7.61. The maximum absolute atomic E-state index is 2.32. The molecule has 2 heteroatoms. The van der Waals surface area contributed by atoms with E-state index in [1.807, 2.05) is 0 Å². The largest absolute Gasteiger partial charge is 0.320 e. The van der Waals surface area contributed by atoms with Crippen LogP contribution in [-0.2, 0) is 6.54 Å². The molecule has 0 aliphatic heterocycles. The van der Waals surface area contributed by atoms with Crippen LogP contribution in [0.5, 0.6) is 0 Å². The maximum Gasteiger partial charge on any atom is 0.108 e. The van der Waals surface area contributed by atoms with Crippen molar-refractivity contribution in [2.75, 3.05) is 19.6 Å². The summed E-state index contributed by atoms with van der Waals surface area (Å²) in [6.07, 6.45) is 6.76. The minimum absolute atomic E-state index is 1.22. The van der Waals surface area contributed by atoms with Crippen LogP contribution in [0.15, 0.2) is 140 Å². The third kappa shape index (κ3) is 9.14. The summed E-state index contributed by atoms with van der Waals surface area (Å²) in [5.74, 6) is 0. The molecule has 0 bridgehead atoms. The number of benzene rings is 5. The number of rotatable bonds is 15. The van der Waals surface area contributed by atoms with Gasteiger partial charge in [-0.3, -0.25) is 0 Å². The standard InChI is InChI=1S/C26H24B.C19H34N/c1-21-13-12-20-26(22(21)2)27(23-14-6-3-7-15-23,24-16-8-4-9-17-24)25-18-10-5-11-19-25;1-4-7-15-20(16-8-5-2,17-9-6-3)18-19-13-11-10-12-14-19/h3-20H,1-2H3;10-14H,4-9,15-18H2,1-3H3/q-1;+1. The van der Waals surface area contributed by atoms with Gasteiger partial charge in [0.1, 0.15) is 12.7 Å². The molecule has 246 valence electrons. The molecule has 0 heterocycles. The van der Waals surface area contributed by atoms with E-state index < -0.39 is 6.15 Å². The van der Waals surface area contributed by atoms with Gasteiger partial charge in [0.05, 0.1) is 19.6 Å². The molecule has 0 amide bonds. The topological polar surface area (TPSA) is 0 Å². The highest BCUT2D eigenvalue weighted by Gasteiger charge is 2.32. The lowest BCUT2D eigenvalue weighted by molar-refractivity contribution is -0.941. The Morgan fingerprint density at radius 1 is 0.447 bits per heavy atom. The Bertz CT molecular complexity index is 1450. The number of hydrogen-bond donors (Lipinski definition) is 0. The maximum atomic E-state index is 2.32. The Kier molecular flexibility index (Phi) is 14.1. The van der Waals surface area contributed by atoms with E-state index in [1.54, 1.807) is 0 Å². The van der Waals surface area contributed by atoms with Crippen LogP contribution in [0.2, 0.25) is 0 Å². The normalized spacial score (nSPS) is 11.5. The molecule has 0 saturated heterocycles. The molecule has 0 aliphatic carbocycles. The molecule has 5 aromatic carbocycles. The van der Waals surface area contributed by atoms with E-state index in [9.17, 15) is 0 Å². The van der Waals surface area contributed by atoms with Crippen molar-refractivity contribution in [3.8, 4) is 0 Å². The van der Waals surface area contributed by atoms with Gasteiger partial charge in [-0.2, -0.15) is 21.9 Å². The number of aryl methyl sites for hydroxylation is 1. The molecule has 0 unspecified atom stereocenters. The lowest BCUT2D eigenvalue weighted by Gasteiger charge is -2.45. The predicted octanol–water partition coefficient (Wildman–Crippen LogP) is 9.08. The van der Waals surface area contributed by atoms with Gasteiger partial charge < -0.3 is 4.48 Å². The van der Waals surface area contributed by atoms with E-state index in [2.05, 4.69) is 174 Å². The molecule has 0 aromatic heterocycles. The summed E-state index contributed by atoms with van der Waals surface area (Å²) in [6, 6.07) is 50.7. The minimum Gasteiger partial charge on any atom is -0.320 e.